The molecule has 2 aliphatic carbocycles. The van der Waals surface area contributed by atoms with Gasteiger partial charge in [-0.15, -0.1) is 0 Å². The molecule has 0 spiro atoms. The van der Waals surface area contributed by atoms with Gasteiger partial charge in [-0.3, -0.25) is 14.7 Å². The van der Waals surface area contributed by atoms with Gasteiger partial charge in [0.25, 0.3) is 0 Å². The van der Waals surface area contributed by atoms with Crippen LogP contribution in [0, 0.1) is 17.2 Å². The first kappa shape index (κ1) is 26.6. The molecule has 1 saturated carbocycles. The summed E-state index contributed by atoms with van der Waals surface area (Å²) < 4.78 is 6.48. The Morgan fingerprint density at radius 3 is 2.86 bits per heavy atom. The first-order valence-corrected chi connectivity index (χ1v) is 15.8. The van der Waals surface area contributed by atoms with Crippen LogP contribution in [-0.4, -0.2) is 81.6 Å². The van der Waals surface area contributed by atoms with Crippen LogP contribution in [0.15, 0.2) is 43.1 Å². The SMILES string of the molecule is C=CC(=O)N1CCN(c2nc(OCC34CCCN3CCC4)nc3cc(-c4cccc5c4C4CC4C5)cnc23)C[C@@H]1CC#N. The Balaban J connectivity index is 1.18. The third-order valence-corrected chi connectivity index (χ3v) is 10.6. The van der Waals surface area contributed by atoms with E-state index in [4.69, 9.17) is 19.7 Å². The molecule has 8 rings (SSSR count). The number of carbonyl (C=O) groups is 1. The third-order valence-electron chi connectivity index (χ3n) is 10.6. The lowest BCUT2D eigenvalue weighted by molar-refractivity contribution is -0.128. The number of anilines is 1. The lowest BCUT2D eigenvalue weighted by Crippen LogP contribution is -2.55. The number of benzene rings is 1. The Hall–Kier alpha value is -4.03. The van der Waals surface area contributed by atoms with Gasteiger partial charge in [-0.2, -0.15) is 15.2 Å². The van der Waals surface area contributed by atoms with Crippen LogP contribution in [0.25, 0.3) is 22.2 Å². The monoisotopic (exact) mass is 575 g/mol. The number of nitriles is 1. The lowest BCUT2D eigenvalue weighted by atomic mass is 9.95. The van der Waals surface area contributed by atoms with Crippen LogP contribution in [0.2, 0.25) is 0 Å². The van der Waals surface area contributed by atoms with Crippen molar-refractivity contribution in [3.63, 3.8) is 0 Å². The highest BCUT2D eigenvalue weighted by Crippen LogP contribution is 2.58. The number of hydrogen-bond acceptors (Lipinski definition) is 8. The van der Waals surface area contributed by atoms with Crippen molar-refractivity contribution in [2.75, 3.05) is 44.2 Å². The molecule has 2 aromatic heterocycles. The Morgan fingerprint density at radius 1 is 1.19 bits per heavy atom. The van der Waals surface area contributed by atoms with Gasteiger partial charge in [0.2, 0.25) is 5.91 Å². The molecule has 3 atom stereocenters. The predicted octanol–water partition coefficient (Wildman–Crippen LogP) is 4.48. The van der Waals surface area contributed by atoms with Crippen LogP contribution in [0.3, 0.4) is 0 Å². The summed E-state index contributed by atoms with van der Waals surface area (Å²) in [6, 6.07) is 11.2. The summed E-state index contributed by atoms with van der Waals surface area (Å²) in [7, 11) is 0. The van der Waals surface area contributed by atoms with Gasteiger partial charge in [0.05, 0.1) is 29.6 Å². The molecular formula is C34H37N7O2. The maximum Gasteiger partial charge on any atom is 0.319 e. The van der Waals surface area contributed by atoms with Gasteiger partial charge >= 0.3 is 6.01 Å². The Bertz CT molecular complexity index is 1650. The summed E-state index contributed by atoms with van der Waals surface area (Å²) in [6.07, 6.45) is 10.7. The molecule has 4 fully saturated rings. The minimum Gasteiger partial charge on any atom is -0.461 e. The molecule has 0 radical (unpaired) electrons. The number of amides is 1. The molecule has 9 nitrogen and oxygen atoms in total. The van der Waals surface area contributed by atoms with Gasteiger partial charge in [-0.1, -0.05) is 24.8 Å². The van der Waals surface area contributed by atoms with E-state index >= 15 is 0 Å². The van der Waals surface area contributed by atoms with Gasteiger partial charge in [-0.05, 0) is 92.3 Å². The van der Waals surface area contributed by atoms with E-state index in [1.54, 1.807) is 4.90 Å². The van der Waals surface area contributed by atoms with Crippen LogP contribution in [0.4, 0.5) is 5.82 Å². The summed E-state index contributed by atoms with van der Waals surface area (Å²) in [5.41, 5.74) is 6.85. The second-order valence-electron chi connectivity index (χ2n) is 13.0. The maximum absolute atomic E-state index is 12.6. The molecule has 3 saturated heterocycles. The van der Waals surface area contributed by atoms with Crippen molar-refractivity contribution < 1.29 is 9.53 Å². The Kier molecular flexibility index (Phi) is 6.37. The van der Waals surface area contributed by atoms with E-state index < -0.39 is 0 Å². The van der Waals surface area contributed by atoms with Crippen molar-refractivity contribution >= 4 is 22.8 Å². The molecule has 2 unspecified atom stereocenters. The van der Waals surface area contributed by atoms with E-state index in [1.165, 1.54) is 48.4 Å². The highest BCUT2D eigenvalue weighted by atomic mass is 16.5. The molecule has 43 heavy (non-hydrogen) atoms. The van der Waals surface area contributed by atoms with Crippen molar-refractivity contribution in [2.24, 2.45) is 5.92 Å². The molecule has 1 amide bonds. The number of pyridine rings is 1. The van der Waals surface area contributed by atoms with E-state index in [-0.39, 0.29) is 23.9 Å². The normalized spacial score (nSPS) is 25.2. The van der Waals surface area contributed by atoms with Gasteiger partial charge in [0.15, 0.2) is 5.82 Å². The number of aromatic nitrogens is 3. The molecule has 9 heteroatoms. The van der Waals surface area contributed by atoms with Gasteiger partial charge in [0.1, 0.15) is 12.1 Å². The van der Waals surface area contributed by atoms with Crippen LogP contribution < -0.4 is 9.64 Å². The molecule has 0 bridgehead atoms. The van der Waals surface area contributed by atoms with Crippen LogP contribution >= 0.6 is 0 Å². The molecule has 3 aromatic rings. The van der Waals surface area contributed by atoms with Crippen LogP contribution in [0.1, 0.15) is 55.6 Å². The zero-order valence-corrected chi connectivity index (χ0v) is 24.5. The highest BCUT2D eigenvalue weighted by Gasteiger charge is 2.47. The zero-order chi connectivity index (χ0) is 29.1. The van der Waals surface area contributed by atoms with Crippen molar-refractivity contribution in [3.05, 3.63) is 54.2 Å². The zero-order valence-electron chi connectivity index (χ0n) is 24.5. The molecular weight excluding hydrogens is 538 g/mol. The molecule has 5 aliphatic rings. The number of piperazine rings is 1. The standard InChI is InChI=1S/C34H37N7O2/c1-2-29(42)41-15-14-39(20-25(41)8-11-35)32-31-28(37-33(38-32)43-21-34-9-4-12-40(34)13-5-10-34)18-24(19-36-31)26-7-3-6-22-16-23-17-27(23)30(22)26/h2-3,6-7,18-19,23,25,27H,1,4-5,8-10,12-17,20-21H2/t23?,25-,27?/m0/s1. The first-order chi connectivity index (χ1) is 21.1. The minimum absolute atomic E-state index is 0.0819. The fraction of sp³-hybridized carbons (Fsp3) is 0.500. The smallest absolute Gasteiger partial charge is 0.319 e. The number of nitrogens with zero attached hydrogens (tertiary/aromatic N) is 7. The Labute approximate surface area is 252 Å². The summed E-state index contributed by atoms with van der Waals surface area (Å²) in [6.45, 7) is 8.05. The van der Waals surface area contributed by atoms with Gasteiger partial charge < -0.3 is 14.5 Å². The summed E-state index contributed by atoms with van der Waals surface area (Å²) in [5, 5.41) is 9.54. The molecule has 0 N–H and O–H groups in total. The number of rotatable bonds is 7. The van der Waals surface area contributed by atoms with E-state index in [2.05, 4.69) is 46.7 Å². The fourth-order valence-electron chi connectivity index (χ4n) is 8.40. The number of fused-ring (bicyclic) bond motifs is 5. The van der Waals surface area contributed by atoms with Crippen LogP contribution in [-0.2, 0) is 11.2 Å². The second kappa shape index (κ2) is 10.3. The average Bonchev–Trinajstić information content (AvgIpc) is 3.32. The van der Waals surface area contributed by atoms with Gasteiger partial charge in [0, 0.05) is 31.4 Å². The van der Waals surface area contributed by atoms with Crippen molar-refractivity contribution in [1.82, 2.24) is 24.8 Å². The van der Waals surface area contributed by atoms with E-state index in [0.717, 1.165) is 42.9 Å². The molecule has 220 valence electrons. The topological polar surface area (TPSA) is 98.5 Å². The van der Waals surface area contributed by atoms with Crippen molar-refractivity contribution in [3.8, 4) is 23.2 Å². The Morgan fingerprint density at radius 2 is 2.05 bits per heavy atom. The quantitative estimate of drug-likeness (QED) is 0.381. The highest BCUT2D eigenvalue weighted by molar-refractivity contribution is 5.90. The van der Waals surface area contributed by atoms with Crippen molar-refractivity contribution in [1.29, 1.82) is 5.26 Å². The number of hydrogen-bond donors (Lipinski definition) is 0. The molecule has 1 aromatic carbocycles. The van der Waals surface area contributed by atoms with Gasteiger partial charge in [-0.25, -0.2) is 0 Å². The maximum atomic E-state index is 12.6. The number of carbonyl (C=O) groups excluding carboxylic acids is 1. The van der Waals surface area contributed by atoms with Crippen LogP contribution in [0.5, 0.6) is 6.01 Å². The van der Waals surface area contributed by atoms with E-state index in [1.807, 2.05) is 6.20 Å². The lowest BCUT2D eigenvalue weighted by Gasteiger charge is -2.40. The largest absolute Gasteiger partial charge is 0.461 e. The fourth-order valence-corrected chi connectivity index (χ4v) is 8.40. The van der Waals surface area contributed by atoms with E-state index in [0.29, 0.717) is 49.5 Å². The number of ether oxygens (including phenoxy) is 1. The molecule has 5 heterocycles. The second-order valence-corrected chi connectivity index (χ2v) is 13.0. The van der Waals surface area contributed by atoms with Crippen molar-refractivity contribution in [2.45, 2.75) is 62.4 Å². The van der Waals surface area contributed by atoms with E-state index in [9.17, 15) is 10.1 Å². The molecule has 3 aliphatic heterocycles. The summed E-state index contributed by atoms with van der Waals surface area (Å²) in [5.74, 6) is 2.03. The minimum atomic E-state index is -0.263. The third kappa shape index (κ3) is 4.46. The first-order valence-electron chi connectivity index (χ1n) is 15.8. The predicted molar refractivity (Wildman–Crippen MR) is 164 cm³/mol. The summed E-state index contributed by atoms with van der Waals surface area (Å²) >= 11 is 0. The average molecular weight is 576 g/mol. The summed E-state index contributed by atoms with van der Waals surface area (Å²) in [4.78, 5) is 33.9.